The summed E-state index contributed by atoms with van der Waals surface area (Å²) in [6.45, 7) is 4.43. The van der Waals surface area contributed by atoms with Gasteiger partial charge in [0.15, 0.2) is 0 Å². The SMILES string of the molecule is Cc1cc2sc3c4c(sc3c2s1)=c1ccc2c3c(ccc=4c13)=c1cc3cc(I)c(C)cc3cc1=2. The third kappa shape index (κ3) is 2.12. The van der Waals surface area contributed by atoms with E-state index in [1.165, 1.54) is 95.4 Å². The molecule has 2 aliphatic carbocycles. The highest BCUT2D eigenvalue weighted by Crippen LogP contribution is 2.45. The molecule has 34 heavy (non-hydrogen) atoms. The van der Waals surface area contributed by atoms with E-state index in [-0.39, 0.29) is 0 Å². The number of aryl methyl sites for hydroxylation is 2. The van der Waals surface area contributed by atoms with Crippen LogP contribution in [0.25, 0.3) is 40.3 Å². The Balaban J connectivity index is 1.57. The van der Waals surface area contributed by atoms with Crippen LogP contribution in [0.1, 0.15) is 10.4 Å². The standard InChI is InChI=1S/C30H15IS3/c1-12-7-14-9-20-17-4-6-19-25-18(5-3-16(24(17)25)21(20)10-15(14)11-22(12)31)26-27(19)34-30-28-23(33-29(26)30)8-13(2)32-28/h3-11H,1-2H3. The van der Waals surface area contributed by atoms with Gasteiger partial charge in [0, 0.05) is 28.1 Å². The van der Waals surface area contributed by atoms with E-state index in [9.17, 15) is 0 Å². The average Bonchev–Trinajstić information content (AvgIpc) is 3.57. The Hall–Kier alpha value is -2.25. The fourth-order valence-electron chi connectivity index (χ4n) is 6.16. The van der Waals surface area contributed by atoms with Crippen LogP contribution in [0.3, 0.4) is 0 Å². The first-order valence-corrected chi connectivity index (χ1v) is 14.9. The number of benzene rings is 4. The zero-order chi connectivity index (χ0) is 22.5. The third-order valence-electron chi connectivity index (χ3n) is 7.61. The number of fused-ring (bicyclic) bond motifs is 7. The molecule has 0 saturated carbocycles. The summed E-state index contributed by atoms with van der Waals surface area (Å²) in [4.78, 5) is 1.41. The van der Waals surface area contributed by atoms with Crippen molar-refractivity contribution in [3.05, 3.63) is 110 Å². The van der Waals surface area contributed by atoms with E-state index in [1.54, 1.807) is 0 Å². The van der Waals surface area contributed by atoms with E-state index in [0.29, 0.717) is 0 Å². The molecule has 0 bridgehead atoms. The van der Waals surface area contributed by atoms with Crippen LogP contribution >= 0.6 is 56.6 Å². The van der Waals surface area contributed by atoms with Gasteiger partial charge in [0.05, 0.1) is 14.1 Å². The predicted molar refractivity (Wildman–Crippen MR) is 156 cm³/mol. The molecule has 0 unspecified atom stereocenters. The van der Waals surface area contributed by atoms with E-state index in [0.717, 1.165) is 0 Å². The van der Waals surface area contributed by atoms with Crippen LogP contribution in [-0.2, 0) is 0 Å². The lowest BCUT2D eigenvalue weighted by Gasteiger charge is -2.03. The van der Waals surface area contributed by atoms with Gasteiger partial charge in [-0.15, -0.1) is 34.0 Å². The zero-order valence-electron chi connectivity index (χ0n) is 18.3. The van der Waals surface area contributed by atoms with Crippen molar-refractivity contribution in [3.63, 3.8) is 0 Å². The first-order valence-electron chi connectivity index (χ1n) is 11.4. The third-order valence-corrected chi connectivity index (χ3v) is 12.6. The molecule has 0 saturated heterocycles. The van der Waals surface area contributed by atoms with Crippen LogP contribution in [0.4, 0.5) is 0 Å². The largest absolute Gasteiger partial charge is 0.138 e. The second kappa shape index (κ2) is 6.11. The van der Waals surface area contributed by atoms with E-state index in [4.69, 9.17) is 0 Å². The fourth-order valence-corrected chi connectivity index (χ4v) is 10.9. The van der Waals surface area contributed by atoms with Gasteiger partial charge < -0.3 is 0 Å². The van der Waals surface area contributed by atoms with Crippen LogP contribution in [0.2, 0.25) is 0 Å². The van der Waals surface area contributed by atoms with Gasteiger partial charge in [0.25, 0.3) is 0 Å². The molecule has 3 heterocycles. The quantitative estimate of drug-likeness (QED) is 0.153. The molecule has 0 aliphatic heterocycles. The van der Waals surface area contributed by atoms with Gasteiger partial charge in [-0.3, -0.25) is 0 Å². The van der Waals surface area contributed by atoms with Crippen LogP contribution in [0, 0.1) is 58.5 Å². The molecule has 0 fully saturated rings. The van der Waals surface area contributed by atoms with E-state index < -0.39 is 0 Å². The molecule has 0 atom stereocenters. The summed E-state index contributed by atoms with van der Waals surface area (Å²) in [5, 5.41) is 15.5. The Morgan fingerprint density at radius 2 is 1.26 bits per heavy atom. The summed E-state index contributed by atoms with van der Waals surface area (Å²) in [6.07, 6.45) is 0. The second-order valence-electron chi connectivity index (χ2n) is 9.53. The van der Waals surface area contributed by atoms with E-state index in [2.05, 4.69) is 91.0 Å². The van der Waals surface area contributed by atoms with Crippen LogP contribution in [0.5, 0.6) is 0 Å². The molecule has 160 valence electrons. The number of halogens is 1. The molecule has 3 aromatic heterocycles. The molecule has 0 N–H and O–H groups in total. The minimum absolute atomic E-state index is 1.33. The summed E-state index contributed by atoms with van der Waals surface area (Å²) in [5.41, 5.74) is 1.35. The average molecular weight is 599 g/mol. The minimum atomic E-state index is 1.33. The van der Waals surface area contributed by atoms with E-state index >= 15 is 0 Å². The lowest BCUT2D eigenvalue weighted by Crippen LogP contribution is -1.83. The van der Waals surface area contributed by atoms with Gasteiger partial charge in [-0.25, -0.2) is 0 Å². The Labute approximate surface area is 218 Å². The zero-order valence-corrected chi connectivity index (χ0v) is 22.9. The monoisotopic (exact) mass is 598 g/mol. The van der Waals surface area contributed by atoms with E-state index in [1.807, 2.05) is 34.0 Å². The number of rotatable bonds is 0. The van der Waals surface area contributed by atoms with Crippen molar-refractivity contribution in [1.29, 1.82) is 0 Å². The van der Waals surface area contributed by atoms with Gasteiger partial charge in [-0.1, -0.05) is 30.3 Å². The highest BCUT2D eigenvalue weighted by molar-refractivity contribution is 14.1. The summed E-state index contributed by atoms with van der Waals surface area (Å²) in [5.74, 6) is 0. The van der Waals surface area contributed by atoms with Gasteiger partial charge in [-0.05, 0) is 114 Å². The van der Waals surface area contributed by atoms with Gasteiger partial charge in [0.1, 0.15) is 0 Å². The van der Waals surface area contributed by atoms with Gasteiger partial charge in [0.2, 0.25) is 0 Å². The van der Waals surface area contributed by atoms with Crippen molar-refractivity contribution >= 4 is 96.9 Å². The molecule has 4 aromatic carbocycles. The lowest BCUT2D eigenvalue weighted by atomic mass is 10.1. The smallest absolute Gasteiger partial charge is 0.0642 e. The molecule has 7 aromatic rings. The van der Waals surface area contributed by atoms with Crippen molar-refractivity contribution in [3.8, 4) is 0 Å². The second-order valence-corrected chi connectivity index (χ2v) is 14.0. The molecule has 2 aliphatic rings. The molecule has 0 radical (unpaired) electrons. The number of hydrogen-bond donors (Lipinski definition) is 0. The van der Waals surface area contributed by atoms with Crippen LogP contribution < -0.4 is 0 Å². The summed E-state index contributed by atoms with van der Waals surface area (Å²) < 4.78 is 8.71. The minimum Gasteiger partial charge on any atom is -0.138 e. The molecule has 0 nitrogen and oxygen atoms in total. The Kier molecular flexibility index (Phi) is 3.41. The first-order chi connectivity index (χ1) is 16.6. The van der Waals surface area contributed by atoms with Crippen molar-refractivity contribution in [2.45, 2.75) is 13.8 Å². The summed E-state index contributed by atoms with van der Waals surface area (Å²) in [7, 11) is 0. The van der Waals surface area contributed by atoms with Gasteiger partial charge in [-0.2, -0.15) is 0 Å². The molecule has 0 spiro atoms. The molecular formula is C30H15IS3. The molecule has 9 rings (SSSR count). The van der Waals surface area contributed by atoms with Gasteiger partial charge >= 0.3 is 0 Å². The topological polar surface area (TPSA) is 0 Å². The maximum atomic E-state index is 2.46. The summed E-state index contributed by atoms with van der Waals surface area (Å²) >= 11 is 8.40. The van der Waals surface area contributed by atoms with Crippen molar-refractivity contribution in [2.75, 3.05) is 0 Å². The highest BCUT2D eigenvalue weighted by atomic mass is 127. The Morgan fingerprint density at radius 1 is 0.588 bits per heavy atom. The van der Waals surface area contributed by atoms with Crippen molar-refractivity contribution < 1.29 is 0 Å². The highest BCUT2D eigenvalue weighted by Gasteiger charge is 2.19. The van der Waals surface area contributed by atoms with Crippen LogP contribution in [-0.4, -0.2) is 0 Å². The Bertz CT molecular complexity index is 2460. The Morgan fingerprint density at radius 3 is 2.06 bits per heavy atom. The molecule has 0 amide bonds. The van der Waals surface area contributed by atoms with Crippen molar-refractivity contribution in [1.82, 2.24) is 0 Å². The van der Waals surface area contributed by atoms with Crippen molar-refractivity contribution in [2.24, 2.45) is 0 Å². The maximum Gasteiger partial charge on any atom is 0.0642 e. The van der Waals surface area contributed by atoms with Crippen LogP contribution in [0.15, 0.2) is 54.6 Å². The normalized spacial score (nSPS) is 13.1. The number of hydrogen-bond acceptors (Lipinski definition) is 3. The summed E-state index contributed by atoms with van der Waals surface area (Å²) in [6, 6.07) is 21.4. The fraction of sp³-hybridized carbons (Fsp3) is 0.0667. The molecule has 4 heteroatoms. The number of thiophene rings is 3. The molecular weight excluding hydrogens is 583 g/mol. The maximum absolute atomic E-state index is 2.46. The predicted octanol–water partition coefficient (Wildman–Crippen LogP) is 9.48. The lowest BCUT2D eigenvalue weighted by molar-refractivity contribution is 1.44. The first kappa shape index (κ1) is 19.0.